The molecular weight excluding hydrogens is 532 g/mol. The number of nitrogens with zero attached hydrogens (tertiary/aromatic N) is 2. The summed E-state index contributed by atoms with van der Waals surface area (Å²) in [5, 5.41) is 3.29. The van der Waals surface area contributed by atoms with Crippen molar-refractivity contribution < 1.29 is 23.0 Å². The minimum Gasteiger partial charge on any atom is -0.453 e. The van der Waals surface area contributed by atoms with Crippen molar-refractivity contribution in [1.29, 1.82) is 0 Å². The highest BCUT2D eigenvalue weighted by molar-refractivity contribution is 7.22. The van der Waals surface area contributed by atoms with Gasteiger partial charge in [0.25, 0.3) is 0 Å². The minimum atomic E-state index is -0.589. The van der Waals surface area contributed by atoms with Crippen molar-refractivity contribution in [3.8, 4) is 22.1 Å². The molecule has 0 fully saturated rings. The van der Waals surface area contributed by atoms with Crippen molar-refractivity contribution in [1.82, 2.24) is 15.3 Å². The number of ketones is 1. The van der Waals surface area contributed by atoms with Crippen molar-refractivity contribution in [3.63, 3.8) is 0 Å². The number of pyridine rings is 2. The second-order valence-corrected chi connectivity index (χ2v) is 10.3. The van der Waals surface area contributed by atoms with Crippen LogP contribution in [0.3, 0.4) is 0 Å². The van der Waals surface area contributed by atoms with E-state index in [1.165, 1.54) is 29.5 Å². The largest absolute Gasteiger partial charge is 0.453 e. The molecule has 0 aliphatic heterocycles. The zero-order chi connectivity index (χ0) is 27.9. The van der Waals surface area contributed by atoms with E-state index in [0.29, 0.717) is 30.0 Å². The summed E-state index contributed by atoms with van der Waals surface area (Å²) in [6.45, 7) is 2.11. The molecule has 0 aliphatic rings. The molecule has 0 spiro atoms. The molecule has 1 N–H and O–H groups in total. The van der Waals surface area contributed by atoms with Gasteiger partial charge in [0.2, 0.25) is 0 Å². The molecule has 5 rings (SSSR count). The third-order valence-corrected chi connectivity index (χ3v) is 7.39. The summed E-state index contributed by atoms with van der Waals surface area (Å²) in [6, 6.07) is 18.2. The smallest absolute Gasteiger partial charge is 0.166 e. The van der Waals surface area contributed by atoms with Crippen LogP contribution in [0.1, 0.15) is 16.7 Å². The molecule has 40 heavy (non-hydrogen) atoms. The number of benzene rings is 2. The Morgan fingerprint density at radius 3 is 2.55 bits per heavy atom. The van der Waals surface area contributed by atoms with E-state index >= 15 is 0 Å². The van der Waals surface area contributed by atoms with Crippen LogP contribution in [0.15, 0.2) is 79.1 Å². The van der Waals surface area contributed by atoms with Gasteiger partial charge in [0.1, 0.15) is 17.3 Å². The highest BCUT2D eigenvalue weighted by atomic mass is 32.1. The minimum absolute atomic E-state index is 0.00563. The topological polar surface area (TPSA) is 73.3 Å². The molecule has 0 amide bonds. The molecule has 0 radical (unpaired) electrons. The number of fused-ring (bicyclic) bond motifs is 1. The number of Topliss-reactive ketones (excluding diaryl/α,β-unsaturated/α-hetero) is 1. The maximum Gasteiger partial charge on any atom is 0.166 e. The number of methoxy groups -OCH3 is 1. The monoisotopic (exact) mass is 559 g/mol. The summed E-state index contributed by atoms with van der Waals surface area (Å²) in [4.78, 5) is 22.4. The van der Waals surface area contributed by atoms with Gasteiger partial charge in [-0.05, 0) is 47.0 Å². The fourth-order valence-electron chi connectivity index (χ4n) is 4.20. The Hall–Kier alpha value is -4.05. The first-order valence-electron chi connectivity index (χ1n) is 12.7. The van der Waals surface area contributed by atoms with E-state index in [9.17, 15) is 13.6 Å². The average molecular weight is 560 g/mol. The highest BCUT2D eigenvalue weighted by Crippen LogP contribution is 2.39. The molecule has 5 aromatic rings. The molecule has 3 aromatic heterocycles. The third kappa shape index (κ3) is 6.74. The maximum atomic E-state index is 15.0. The summed E-state index contributed by atoms with van der Waals surface area (Å²) >= 11 is 1.47. The van der Waals surface area contributed by atoms with Gasteiger partial charge in [-0.2, -0.15) is 0 Å². The van der Waals surface area contributed by atoms with Gasteiger partial charge in [-0.15, -0.1) is 11.3 Å². The molecule has 0 bridgehead atoms. The number of hydrogen-bond donors (Lipinski definition) is 1. The average Bonchev–Trinajstić information content (AvgIpc) is 3.40. The summed E-state index contributed by atoms with van der Waals surface area (Å²) in [5.74, 6) is -0.706. The molecule has 2 aromatic carbocycles. The highest BCUT2D eigenvalue weighted by Gasteiger charge is 2.15. The van der Waals surface area contributed by atoms with Crippen LogP contribution in [0, 0.1) is 11.6 Å². The lowest BCUT2D eigenvalue weighted by molar-refractivity contribution is -0.117. The van der Waals surface area contributed by atoms with Gasteiger partial charge in [0.05, 0.1) is 27.4 Å². The van der Waals surface area contributed by atoms with E-state index in [1.807, 2.05) is 24.4 Å². The van der Waals surface area contributed by atoms with Gasteiger partial charge in [0.15, 0.2) is 11.6 Å². The molecular formula is C31H27F2N3O3S. The second kappa shape index (κ2) is 12.9. The lowest BCUT2D eigenvalue weighted by Crippen LogP contribution is -2.18. The Morgan fingerprint density at radius 1 is 0.925 bits per heavy atom. The first-order valence-corrected chi connectivity index (χ1v) is 13.6. The molecule has 0 saturated heterocycles. The second-order valence-electron chi connectivity index (χ2n) is 9.21. The van der Waals surface area contributed by atoms with Gasteiger partial charge in [-0.3, -0.25) is 14.8 Å². The van der Waals surface area contributed by atoms with Crippen molar-refractivity contribution in [2.45, 2.75) is 19.4 Å². The predicted octanol–water partition coefficient (Wildman–Crippen LogP) is 6.52. The van der Waals surface area contributed by atoms with E-state index < -0.39 is 11.6 Å². The Labute approximate surface area is 234 Å². The number of hydrogen-bond acceptors (Lipinski definition) is 7. The quantitative estimate of drug-likeness (QED) is 0.176. The summed E-state index contributed by atoms with van der Waals surface area (Å²) in [7, 11) is 1.67. The number of thiophene rings is 1. The zero-order valence-corrected chi connectivity index (χ0v) is 22.6. The SMILES string of the molecule is COCCNCc1ccc(-c2cc3nccc(Oc4ccc(CC(=O)Cc5ccccc5F)cc4F)c3s2)nc1. The van der Waals surface area contributed by atoms with Gasteiger partial charge < -0.3 is 14.8 Å². The van der Waals surface area contributed by atoms with Crippen LogP contribution >= 0.6 is 11.3 Å². The standard InChI is InChI=1S/C31H27F2N3O3S/c1-38-13-12-34-18-21-6-8-26(36-19-21)30-17-27-31(40-30)29(10-11-35-27)39-28-9-7-20(15-25(28)33)14-23(37)16-22-4-2-3-5-24(22)32/h2-11,15,17,19,34H,12-14,16,18H2,1H3. The van der Waals surface area contributed by atoms with E-state index in [2.05, 4.69) is 15.3 Å². The molecule has 9 heteroatoms. The van der Waals surface area contributed by atoms with Crippen molar-refractivity contribution >= 4 is 27.3 Å². The first kappa shape index (κ1) is 27.5. The van der Waals surface area contributed by atoms with Crippen LogP contribution in [0.4, 0.5) is 8.78 Å². The maximum absolute atomic E-state index is 15.0. The van der Waals surface area contributed by atoms with Crippen LogP contribution in [-0.2, 0) is 28.9 Å². The number of nitrogens with one attached hydrogen (secondary N) is 1. The Balaban J connectivity index is 1.27. The van der Waals surface area contributed by atoms with E-state index in [0.717, 1.165) is 32.9 Å². The van der Waals surface area contributed by atoms with E-state index in [1.54, 1.807) is 43.6 Å². The number of carbonyl (C=O) groups is 1. The van der Waals surface area contributed by atoms with Gasteiger partial charge in [0, 0.05) is 51.5 Å². The number of rotatable bonds is 12. The van der Waals surface area contributed by atoms with Gasteiger partial charge >= 0.3 is 0 Å². The molecule has 0 atom stereocenters. The molecule has 0 saturated carbocycles. The molecule has 204 valence electrons. The summed E-state index contributed by atoms with van der Waals surface area (Å²) < 4.78 is 40.6. The summed E-state index contributed by atoms with van der Waals surface area (Å²) in [5.41, 5.74) is 3.42. The van der Waals surface area contributed by atoms with Crippen LogP contribution in [0.25, 0.3) is 20.8 Å². The fraction of sp³-hybridized carbons (Fsp3) is 0.194. The number of halogens is 2. The van der Waals surface area contributed by atoms with E-state index in [-0.39, 0.29) is 24.4 Å². The van der Waals surface area contributed by atoms with Crippen molar-refractivity contribution in [3.05, 3.63) is 107 Å². The Bertz CT molecular complexity index is 1620. The lowest BCUT2D eigenvalue weighted by Gasteiger charge is -2.09. The van der Waals surface area contributed by atoms with Crippen LogP contribution in [-0.4, -0.2) is 36.0 Å². The first-order chi connectivity index (χ1) is 19.5. The summed E-state index contributed by atoms with van der Waals surface area (Å²) in [6.07, 6.45) is 3.39. The van der Waals surface area contributed by atoms with E-state index in [4.69, 9.17) is 9.47 Å². The predicted molar refractivity (Wildman–Crippen MR) is 152 cm³/mol. The normalized spacial score (nSPS) is 11.2. The zero-order valence-electron chi connectivity index (χ0n) is 21.8. The Morgan fingerprint density at radius 2 is 1.77 bits per heavy atom. The fourth-order valence-corrected chi connectivity index (χ4v) is 5.25. The number of carbonyl (C=O) groups excluding carboxylic acids is 1. The Kier molecular flexibility index (Phi) is 8.85. The van der Waals surface area contributed by atoms with Crippen molar-refractivity contribution in [2.24, 2.45) is 0 Å². The van der Waals surface area contributed by atoms with Gasteiger partial charge in [-0.1, -0.05) is 30.3 Å². The third-order valence-electron chi connectivity index (χ3n) is 6.23. The van der Waals surface area contributed by atoms with Gasteiger partial charge in [-0.25, -0.2) is 8.78 Å². The number of aromatic nitrogens is 2. The lowest BCUT2D eigenvalue weighted by atomic mass is 10.0. The number of ether oxygens (including phenoxy) is 2. The van der Waals surface area contributed by atoms with Crippen LogP contribution in [0.2, 0.25) is 0 Å². The van der Waals surface area contributed by atoms with Crippen LogP contribution < -0.4 is 10.1 Å². The molecule has 3 heterocycles. The molecule has 0 aliphatic carbocycles. The molecule has 6 nitrogen and oxygen atoms in total. The molecule has 0 unspecified atom stereocenters. The van der Waals surface area contributed by atoms with Crippen LogP contribution in [0.5, 0.6) is 11.5 Å². The van der Waals surface area contributed by atoms with Crippen molar-refractivity contribution in [2.75, 3.05) is 20.3 Å².